The van der Waals surface area contributed by atoms with Crippen molar-refractivity contribution in [3.8, 4) is 12.3 Å². The van der Waals surface area contributed by atoms with Crippen LogP contribution in [0.5, 0.6) is 0 Å². The summed E-state index contributed by atoms with van der Waals surface area (Å²) in [5, 5.41) is 27.6. The average Bonchev–Trinajstić information content (AvgIpc) is 3.31. The Morgan fingerprint density at radius 1 is 0.754 bits per heavy atom. The zero-order valence-electron chi connectivity index (χ0n) is 40.0. The molecule has 4 rings (SSSR count). The van der Waals surface area contributed by atoms with Gasteiger partial charge in [0.1, 0.15) is 30.3 Å². The Hall–Kier alpha value is -6.17. The predicted octanol–water partition coefficient (Wildman–Crippen LogP) is 2.71. The van der Waals surface area contributed by atoms with E-state index in [4.69, 9.17) is 15.3 Å². The molecule has 69 heavy (non-hydrogen) atoms. The van der Waals surface area contributed by atoms with Crippen LogP contribution >= 0.6 is 0 Å². The zero-order chi connectivity index (χ0) is 50.6. The van der Waals surface area contributed by atoms with E-state index >= 15 is 0 Å². The molecule has 374 valence electrons. The standard InChI is InChI=1S/C50H67N7O11S/c1-7-24-51-49(63)52-38-19-21-39(22-20-38)69(65,66)68-33-50(6,64)45(59)41(29-34(2)3)54-48(62)43(31-37-16-12-9-13-17-37)56-47(61)42(30-35(4)5)55-46(60)40(23-18-36-14-10-8-11-15-36)53-44(58)32-57-25-27-67-28-26-57/h1,8-17,19-22,34-35,40-43,64H,18,23-33H2,2-6H3,(H,53,58)(H,54,62)(H,55,60)(H,56,61)(H2,51,52,63)/t40-,41-,42-,43-,50?/m0/s1. The molecule has 0 radical (unpaired) electrons. The molecule has 0 saturated carbocycles. The fraction of sp³-hybridized carbons (Fsp3) is 0.480. The van der Waals surface area contributed by atoms with Crippen molar-refractivity contribution in [3.05, 3.63) is 96.1 Å². The number of amides is 6. The lowest BCUT2D eigenvalue weighted by Crippen LogP contribution is -2.60. The van der Waals surface area contributed by atoms with Crippen molar-refractivity contribution in [2.45, 2.75) is 101 Å². The van der Waals surface area contributed by atoms with Gasteiger partial charge in [0.15, 0.2) is 5.78 Å². The van der Waals surface area contributed by atoms with E-state index in [2.05, 4.69) is 37.8 Å². The van der Waals surface area contributed by atoms with Crippen LogP contribution in [-0.2, 0) is 55.9 Å². The van der Waals surface area contributed by atoms with Crippen molar-refractivity contribution in [3.63, 3.8) is 0 Å². The van der Waals surface area contributed by atoms with E-state index in [1.165, 1.54) is 24.3 Å². The number of rotatable bonds is 26. The monoisotopic (exact) mass is 973 g/mol. The maximum absolute atomic E-state index is 14.4. The summed E-state index contributed by atoms with van der Waals surface area (Å²) in [6, 6.07) is 17.9. The lowest BCUT2D eigenvalue weighted by atomic mass is 9.90. The molecule has 1 saturated heterocycles. The molecule has 6 amide bonds. The Morgan fingerprint density at radius 3 is 1.88 bits per heavy atom. The Balaban J connectivity index is 1.51. The van der Waals surface area contributed by atoms with Crippen LogP contribution in [-0.4, -0.2) is 130 Å². The van der Waals surface area contributed by atoms with Crippen molar-refractivity contribution in [2.24, 2.45) is 11.8 Å². The molecule has 1 fully saturated rings. The first-order valence-corrected chi connectivity index (χ1v) is 24.5. The summed E-state index contributed by atoms with van der Waals surface area (Å²) in [6.45, 7) is 9.58. The van der Waals surface area contributed by atoms with Crippen molar-refractivity contribution >= 4 is 51.2 Å². The summed E-state index contributed by atoms with van der Waals surface area (Å²) in [7, 11) is -4.54. The number of hydrogen-bond acceptors (Lipinski definition) is 12. The van der Waals surface area contributed by atoms with E-state index in [1.807, 2.05) is 49.1 Å². The van der Waals surface area contributed by atoms with Crippen LogP contribution in [0.15, 0.2) is 89.8 Å². The number of carbonyl (C=O) groups is 6. The van der Waals surface area contributed by atoms with Gasteiger partial charge in [0.05, 0.1) is 37.2 Å². The second-order valence-corrected chi connectivity index (χ2v) is 19.7. The zero-order valence-corrected chi connectivity index (χ0v) is 40.8. The van der Waals surface area contributed by atoms with Gasteiger partial charge in [-0.25, -0.2) is 4.79 Å². The maximum atomic E-state index is 14.4. The normalized spacial score (nSPS) is 15.6. The quantitative estimate of drug-likeness (QED) is 0.0454. The number of carbonyl (C=O) groups excluding carboxylic acids is 6. The molecular weight excluding hydrogens is 907 g/mol. The van der Waals surface area contributed by atoms with E-state index in [-0.39, 0.29) is 67.1 Å². The molecule has 1 aliphatic heterocycles. The first-order valence-electron chi connectivity index (χ1n) is 23.1. The predicted molar refractivity (Wildman–Crippen MR) is 260 cm³/mol. The number of morpholine rings is 1. The molecule has 3 aromatic rings. The SMILES string of the molecule is C#CCNC(=O)Nc1ccc(S(=O)(=O)OCC(C)(O)C(=O)[C@H](CC(C)C)NC(=O)[C@H](Cc2ccccc2)NC(=O)[C@H](CC(C)C)NC(=O)[C@H](CCc2ccccc2)NC(=O)CN2CCOCC2)cc1. The summed E-state index contributed by atoms with van der Waals surface area (Å²) in [6.07, 6.45) is 6.03. The van der Waals surface area contributed by atoms with Crippen molar-refractivity contribution in [1.82, 2.24) is 31.5 Å². The van der Waals surface area contributed by atoms with Gasteiger partial charge < -0.3 is 41.7 Å². The smallest absolute Gasteiger partial charge is 0.319 e. The largest absolute Gasteiger partial charge is 0.380 e. The van der Waals surface area contributed by atoms with Crippen molar-refractivity contribution in [1.29, 1.82) is 0 Å². The number of urea groups is 1. The van der Waals surface area contributed by atoms with E-state index in [9.17, 15) is 42.3 Å². The van der Waals surface area contributed by atoms with Gasteiger partial charge in [0, 0.05) is 25.2 Å². The van der Waals surface area contributed by atoms with Crippen LogP contribution in [0.25, 0.3) is 0 Å². The Labute approximate surface area is 405 Å². The van der Waals surface area contributed by atoms with Gasteiger partial charge in [-0.3, -0.25) is 33.1 Å². The van der Waals surface area contributed by atoms with Gasteiger partial charge in [0.2, 0.25) is 23.6 Å². The lowest BCUT2D eigenvalue weighted by molar-refractivity contribution is -0.143. The van der Waals surface area contributed by atoms with Gasteiger partial charge in [-0.15, -0.1) is 6.42 Å². The molecule has 0 aromatic heterocycles. The number of hydrogen-bond donors (Lipinski definition) is 7. The van der Waals surface area contributed by atoms with Crippen LogP contribution in [0.4, 0.5) is 10.5 Å². The number of aliphatic hydroxyl groups is 1. The van der Waals surface area contributed by atoms with Crippen LogP contribution < -0.4 is 31.9 Å². The number of nitrogens with one attached hydrogen (secondary N) is 6. The molecular formula is C50H67N7O11S. The number of benzene rings is 3. The highest BCUT2D eigenvalue weighted by Gasteiger charge is 2.40. The fourth-order valence-electron chi connectivity index (χ4n) is 7.43. The molecule has 0 aliphatic carbocycles. The summed E-state index contributed by atoms with van der Waals surface area (Å²) >= 11 is 0. The molecule has 3 aromatic carbocycles. The van der Waals surface area contributed by atoms with Crippen molar-refractivity contribution < 1.29 is 51.2 Å². The van der Waals surface area contributed by atoms with Crippen LogP contribution in [0.1, 0.15) is 65.0 Å². The second kappa shape index (κ2) is 27.1. The number of ether oxygens (including phenoxy) is 1. The molecule has 1 aliphatic rings. The minimum absolute atomic E-state index is 0.0191. The van der Waals surface area contributed by atoms with Gasteiger partial charge in [-0.05, 0) is 79.8 Å². The third kappa shape index (κ3) is 19.0. The van der Waals surface area contributed by atoms with E-state index in [0.717, 1.165) is 12.5 Å². The van der Waals surface area contributed by atoms with Crippen LogP contribution in [0.2, 0.25) is 0 Å². The molecule has 19 heteroatoms. The summed E-state index contributed by atoms with van der Waals surface area (Å²) in [5.41, 5.74) is -0.558. The van der Waals surface area contributed by atoms with Gasteiger partial charge in [-0.2, -0.15) is 8.42 Å². The highest BCUT2D eigenvalue weighted by Crippen LogP contribution is 2.21. The highest BCUT2D eigenvalue weighted by molar-refractivity contribution is 7.86. The van der Waals surface area contributed by atoms with E-state index in [1.54, 1.807) is 44.2 Å². The van der Waals surface area contributed by atoms with Crippen LogP contribution in [0, 0.1) is 24.2 Å². The first-order chi connectivity index (χ1) is 32.8. The molecule has 18 nitrogen and oxygen atoms in total. The average molecular weight is 974 g/mol. The lowest BCUT2D eigenvalue weighted by Gasteiger charge is -2.30. The Kier molecular flexibility index (Phi) is 21.8. The Bertz CT molecular complexity index is 2320. The molecule has 5 atom stereocenters. The molecule has 0 bridgehead atoms. The number of terminal acetylenes is 1. The second-order valence-electron chi connectivity index (χ2n) is 18.1. The number of ketones is 1. The highest BCUT2D eigenvalue weighted by atomic mass is 32.2. The third-order valence-corrected chi connectivity index (χ3v) is 12.3. The molecule has 1 unspecified atom stereocenters. The molecule has 1 heterocycles. The summed E-state index contributed by atoms with van der Waals surface area (Å²) in [5.74, 6) is -1.37. The maximum Gasteiger partial charge on any atom is 0.319 e. The fourth-order valence-corrected chi connectivity index (χ4v) is 8.42. The molecule has 0 spiro atoms. The van der Waals surface area contributed by atoms with Crippen molar-refractivity contribution in [2.75, 3.05) is 51.3 Å². The number of nitrogens with zero attached hydrogens (tertiary/aromatic N) is 1. The van der Waals surface area contributed by atoms with Gasteiger partial charge >= 0.3 is 6.03 Å². The van der Waals surface area contributed by atoms with E-state index < -0.39 is 76.0 Å². The van der Waals surface area contributed by atoms with Crippen LogP contribution in [0.3, 0.4) is 0 Å². The summed E-state index contributed by atoms with van der Waals surface area (Å²) < 4.78 is 36.9. The van der Waals surface area contributed by atoms with Gasteiger partial charge in [-0.1, -0.05) is 94.3 Å². The minimum atomic E-state index is -4.54. The Morgan fingerprint density at radius 2 is 1.29 bits per heavy atom. The number of anilines is 1. The number of Topliss-reactive ketones (excluding diaryl/α,β-unsaturated/α-hetero) is 1. The first kappa shape index (κ1) is 55.4. The van der Waals surface area contributed by atoms with E-state index in [0.29, 0.717) is 38.3 Å². The third-order valence-electron chi connectivity index (χ3n) is 11.1. The van der Waals surface area contributed by atoms with Gasteiger partial charge in [0.25, 0.3) is 10.1 Å². The topological polar surface area (TPSA) is 251 Å². The molecule has 7 N–H and O–H groups in total. The summed E-state index contributed by atoms with van der Waals surface area (Å²) in [4.78, 5) is 83.8. The minimum Gasteiger partial charge on any atom is -0.380 e. The number of aryl methyl sites for hydroxylation is 1.